The van der Waals surface area contributed by atoms with Crippen LogP contribution in [-0.2, 0) is 11.3 Å². The van der Waals surface area contributed by atoms with E-state index in [0.29, 0.717) is 43.4 Å². The van der Waals surface area contributed by atoms with Gasteiger partial charge in [0.05, 0.1) is 7.11 Å². The summed E-state index contributed by atoms with van der Waals surface area (Å²) in [5.41, 5.74) is 3.44. The Hall–Kier alpha value is -4.74. The minimum Gasteiger partial charge on any atom is -0.479 e. The third kappa shape index (κ3) is 5.49. The number of nitrogens with one attached hydrogen (secondary N) is 1. The Balaban J connectivity index is 1.25. The smallest absolute Gasteiger partial charge is 0.410 e. The molecule has 0 bridgehead atoms. The number of hydrogen-bond donors (Lipinski definition) is 1. The molecule has 0 atom stereocenters. The minimum atomic E-state index is -0.518. The first-order valence-electron chi connectivity index (χ1n) is 13.7. The fraction of sp³-hybridized carbons (Fsp3) is 0.379. The summed E-state index contributed by atoms with van der Waals surface area (Å²) in [5, 5.41) is 3.49. The van der Waals surface area contributed by atoms with Crippen molar-refractivity contribution in [1.82, 2.24) is 29.4 Å². The number of nitrogens with zero attached hydrogens (tertiary/aromatic N) is 8. The van der Waals surface area contributed by atoms with Crippen molar-refractivity contribution in [3.8, 4) is 28.4 Å². The molecule has 6 rings (SSSR count). The average molecular weight is 556 g/mol. The molecule has 0 aliphatic carbocycles. The number of fused-ring (bicyclic) bond motifs is 3. The maximum absolute atomic E-state index is 12.4. The van der Waals surface area contributed by atoms with Gasteiger partial charge in [-0.2, -0.15) is 9.97 Å². The van der Waals surface area contributed by atoms with Crippen molar-refractivity contribution in [2.75, 3.05) is 50.1 Å². The monoisotopic (exact) mass is 555 g/mol. The highest BCUT2D eigenvalue weighted by Gasteiger charge is 2.27. The molecule has 0 saturated carbocycles. The second kappa shape index (κ2) is 10.7. The Morgan fingerprint density at radius 2 is 1.78 bits per heavy atom. The number of aromatic nitrogens is 5. The molecule has 0 unspecified atom stereocenters. The SMILES string of the molecule is COc1nc(N2CCN(C(=O)OC(C)(C)C)CC2)ccc1N=c1ncc2cc(-c3ccncc3)c3n(c-2n1)CCN3. The van der Waals surface area contributed by atoms with E-state index < -0.39 is 5.60 Å². The molecule has 6 heterocycles. The van der Waals surface area contributed by atoms with E-state index in [-0.39, 0.29) is 6.09 Å². The second-order valence-electron chi connectivity index (χ2n) is 10.9. The van der Waals surface area contributed by atoms with Crippen molar-refractivity contribution in [2.45, 2.75) is 32.9 Å². The lowest BCUT2D eigenvalue weighted by Crippen LogP contribution is -2.50. The largest absolute Gasteiger partial charge is 0.479 e. The molecule has 212 valence electrons. The van der Waals surface area contributed by atoms with Gasteiger partial charge in [-0.05, 0) is 56.7 Å². The first-order valence-corrected chi connectivity index (χ1v) is 13.7. The Labute approximate surface area is 238 Å². The summed E-state index contributed by atoms with van der Waals surface area (Å²) in [4.78, 5) is 39.1. The fourth-order valence-corrected chi connectivity index (χ4v) is 5.05. The van der Waals surface area contributed by atoms with Crippen molar-refractivity contribution in [2.24, 2.45) is 4.99 Å². The van der Waals surface area contributed by atoms with Gasteiger partial charge in [-0.15, -0.1) is 0 Å². The Bertz CT molecular complexity index is 1610. The number of ether oxygens (including phenoxy) is 2. The first kappa shape index (κ1) is 26.5. The number of rotatable bonds is 4. The van der Waals surface area contributed by atoms with Crippen LogP contribution in [0.5, 0.6) is 5.88 Å². The van der Waals surface area contributed by atoms with E-state index in [2.05, 4.69) is 35.8 Å². The summed E-state index contributed by atoms with van der Waals surface area (Å²) in [5.74, 6) is 2.96. The molecule has 1 fully saturated rings. The van der Waals surface area contributed by atoms with Crippen LogP contribution in [-0.4, -0.2) is 80.9 Å². The molecule has 0 radical (unpaired) electrons. The number of methoxy groups -OCH3 is 1. The van der Waals surface area contributed by atoms with Crippen molar-refractivity contribution in [3.05, 3.63) is 54.5 Å². The lowest BCUT2D eigenvalue weighted by molar-refractivity contribution is 0.0240. The van der Waals surface area contributed by atoms with Crippen LogP contribution < -0.4 is 20.6 Å². The number of carbonyl (C=O) groups excluding carboxylic acids is 1. The zero-order chi connectivity index (χ0) is 28.6. The Morgan fingerprint density at radius 3 is 2.51 bits per heavy atom. The van der Waals surface area contributed by atoms with Gasteiger partial charge >= 0.3 is 6.09 Å². The maximum atomic E-state index is 12.4. The highest BCUT2D eigenvalue weighted by molar-refractivity contribution is 5.82. The average Bonchev–Trinajstić information content (AvgIpc) is 3.47. The van der Waals surface area contributed by atoms with Gasteiger partial charge in [-0.25, -0.2) is 14.8 Å². The molecule has 4 aliphatic heterocycles. The highest BCUT2D eigenvalue weighted by atomic mass is 16.6. The summed E-state index contributed by atoms with van der Waals surface area (Å²) in [6.07, 6.45) is 5.09. The van der Waals surface area contributed by atoms with E-state index in [4.69, 9.17) is 19.4 Å². The van der Waals surface area contributed by atoms with Gasteiger partial charge in [0.25, 0.3) is 5.62 Å². The molecule has 12 heteroatoms. The molecule has 0 aromatic carbocycles. The van der Waals surface area contributed by atoms with Crippen LogP contribution in [0.2, 0.25) is 0 Å². The first-order chi connectivity index (χ1) is 19.8. The normalized spacial score (nSPS) is 15.6. The standard InChI is InChI=1S/C29H33N9O3/c1-29(2,3)41-28(39)37-15-13-36(14-16-37)23-6-5-22(26(34-23)40-4)33-27-32-18-20-17-21(19-7-9-30-10-8-19)25-31-11-12-38(25)24(20)35-27/h5-10,17-18,31H,11-16H2,1-4H3. The Morgan fingerprint density at radius 1 is 1.00 bits per heavy atom. The van der Waals surface area contributed by atoms with Crippen molar-refractivity contribution in [1.29, 1.82) is 0 Å². The van der Waals surface area contributed by atoms with Crippen molar-refractivity contribution < 1.29 is 14.3 Å². The van der Waals surface area contributed by atoms with Gasteiger partial charge in [0, 0.05) is 69.0 Å². The van der Waals surface area contributed by atoms with E-state index in [1.807, 2.05) is 45.0 Å². The van der Waals surface area contributed by atoms with E-state index in [9.17, 15) is 4.79 Å². The topological polar surface area (TPSA) is 123 Å². The maximum Gasteiger partial charge on any atom is 0.410 e. The fourth-order valence-electron chi connectivity index (χ4n) is 5.05. The molecule has 4 aliphatic rings. The summed E-state index contributed by atoms with van der Waals surface area (Å²) in [6, 6.07) is 9.86. The van der Waals surface area contributed by atoms with Gasteiger partial charge < -0.3 is 29.2 Å². The van der Waals surface area contributed by atoms with Crippen LogP contribution in [0.3, 0.4) is 0 Å². The molecular formula is C29H33N9O3. The zero-order valence-electron chi connectivity index (χ0n) is 23.7. The number of amides is 1. The quantitative estimate of drug-likeness (QED) is 0.403. The lowest BCUT2D eigenvalue weighted by Gasteiger charge is -2.36. The number of anilines is 2. The molecule has 1 saturated heterocycles. The summed E-state index contributed by atoms with van der Waals surface area (Å²) < 4.78 is 13.3. The minimum absolute atomic E-state index is 0.291. The molecule has 1 amide bonds. The molecule has 2 aromatic rings. The van der Waals surface area contributed by atoms with E-state index in [0.717, 1.165) is 47.2 Å². The lowest BCUT2D eigenvalue weighted by atomic mass is 10.0. The number of pyridine rings is 3. The van der Waals surface area contributed by atoms with E-state index in [1.54, 1.807) is 30.6 Å². The Kier molecular flexibility index (Phi) is 6.90. The molecule has 41 heavy (non-hydrogen) atoms. The van der Waals surface area contributed by atoms with Gasteiger partial charge in [-0.1, -0.05) is 0 Å². The summed E-state index contributed by atoms with van der Waals surface area (Å²) in [6.45, 7) is 9.60. The van der Waals surface area contributed by atoms with Crippen molar-refractivity contribution >= 4 is 23.4 Å². The van der Waals surface area contributed by atoms with Crippen LogP contribution in [0.15, 0.2) is 53.9 Å². The molecule has 2 aromatic heterocycles. The van der Waals surface area contributed by atoms with Gasteiger partial charge in [-0.3, -0.25) is 4.98 Å². The summed E-state index contributed by atoms with van der Waals surface area (Å²) in [7, 11) is 1.57. The predicted molar refractivity (Wildman–Crippen MR) is 154 cm³/mol. The van der Waals surface area contributed by atoms with Crippen LogP contribution in [0.1, 0.15) is 20.8 Å². The van der Waals surface area contributed by atoms with Gasteiger partial charge in [0.2, 0.25) is 5.88 Å². The third-order valence-corrected chi connectivity index (χ3v) is 6.98. The number of hydrogen-bond acceptors (Lipinski definition) is 10. The third-order valence-electron chi connectivity index (χ3n) is 6.98. The van der Waals surface area contributed by atoms with Gasteiger partial charge in [0.1, 0.15) is 28.7 Å². The highest BCUT2D eigenvalue weighted by Crippen LogP contribution is 2.36. The van der Waals surface area contributed by atoms with Crippen LogP contribution in [0.25, 0.3) is 22.5 Å². The molecule has 12 nitrogen and oxygen atoms in total. The van der Waals surface area contributed by atoms with E-state index >= 15 is 0 Å². The molecule has 0 spiro atoms. The zero-order valence-corrected chi connectivity index (χ0v) is 23.7. The molecular weight excluding hydrogens is 522 g/mol. The molecule has 1 N–H and O–H groups in total. The van der Waals surface area contributed by atoms with Crippen LogP contribution in [0, 0.1) is 0 Å². The van der Waals surface area contributed by atoms with Crippen LogP contribution >= 0.6 is 0 Å². The van der Waals surface area contributed by atoms with Crippen LogP contribution in [0.4, 0.5) is 22.1 Å². The summed E-state index contributed by atoms with van der Waals surface area (Å²) >= 11 is 0. The predicted octanol–water partition coefficient (Wildman–Crippen LogP) is 3.56. The van der Waals surface area contributed by atoms with E-state index in [1.165, 1.54) is 0 Å². The number of carbonyl (C=O) groups is 1. The van der Waals surface area contributed by atoms with Gasteiger partial charge in [0.15, 0.2) is 0 Å². The number of piperazine rings is 1. The second-order valence-corrected chi connectivity index (χ2v) is 10.9. The van der Waals surface area contributed by atoms with Crippen molar-refractivity contribution in [3.63, 3.8) is 0 Å².